The van der Waals surface area contributed by atoms with Crippen molar-refractivity contribution in [3.05, 3.63) is 59.7 Å². The Morgan fingerprint density at radius 1 is 1.00 bits per heavy atom. The summed E-state index contributed by atoms with van der Waals surface area (Å²) in [4.78, 5) is 23.3. The van der Waals surface area contributed by atoms with E-state index in [2.05, 4.69) is 24.4 Å². The number of carbonyl (C=O) groups is 2. The van der Waals surface area contributed by atoms with Gasteiger partial charge in [-0.25, -0.2) is 5.48 Å². The molecule has 0 spiro atoms. The summed E-state index contributed by atoms with van der Waals surface area (Å²) >= 11 is 0. The quantitative estimate of drug-likeness (QED) is 0.477. The number of hydrogen-bond donors (Lipinski definition) is 4. The predicted molar refractivity (Wildman–Crippen MR) is 96.3 cm³/mol. The van der Waals surface area contributed by atoms with Gasteiger partial charge in [0.05, 0.1) is 6.61 Å². The van der Waals surface area contributed by atoms with E-state index in [4.69, 9.17) is 10.3 Å². The summed E-state index contributed by atoms with van der Waals surface area (Å²) in [5.74, 6) is -1.39. The van der Waals surface area contributed by atoms with Crippen LogP contribution in [-0.4, -0.2) is 34.8 Å². The first-order chi connectivity index (χ1) is 11.6. The fourth-order valence-electron chi connectivity index (χ4n) is 2.26. The zero-order chi connectivity index (χ0) is 17.5. The molecule has 1 atom stereocenters. The first kappa shape index (κ1) is 20.3. The smallest absolute Gasteiger partial charge is 0.268 e. The Morgan fingerprint density at radius 2 is 1.52 bits per heavy atom. The van der Waals surface area contributed by atoms with Crippen LogP contribution in [0, 0.1) is 0 Å². The highest BCUT2D eigenvalue weighted by Crippen LogP contribution is 2.20. The van der Waals surface area contributed by atoms with Crippen LogP contribution in [0.25, 0.3) is 11.1 Å². The monoisotopic (exact) mass is 344 g/mol. The van der Waals surface area contributed by atoms with Gasteiger partial charge in [0.25, 0.3) is 11.8 Å². The molecule has 0 saturated carbocycles. The third kappa shape index (κ3) is 5.14. The molecule has 6 heteroatoms. The van der Waals surface area contributed by atoms with Crippen LogP contribution in [0.5, 0.6) is 0 Å². The van der Waals surface area contributed by atoms with Gasteiger partial charge in [0, 0.05) is 5.56 Å². The molecule has 2 rings (SSSR count). The Morgan fingerprint density at radius 3 is 1.96 bits per heavy atom. The molecular weight excluding hydrogens is 320 g/mol. The van der Waals surface area contributed by atoms with Crippen molar-refractivity contribution in [2.24, 2.45) is 0 Å². The maximum atomic E-state index is 12.1. The van der Waals surface area contributed by atoms with Crippen LogP contribution < -0.4 is 10.8 Å². The molecule has 0 fully saturated rings. The van der Waals surface area contributed by atoms with Gasteiger partial charge in [0.2, 0.25) is 0 Å². The lowest BCUT2D eigenvalue weighted by molar-refractivity contribution is -0.132. The van der Waals surface area contributed by atoms with E-state index >= 15 is 0 Å². The molecule has 0 saturated heterocycles. The average molecular weight is 344 g/mol. The molecule has 0 heterocycles. The summed E-state index contributed by atoms with van der Waals surface area (Å²) in [5, 5.41) is 20.0. The number of hydroxylamine groups is 1. The lowest BCUT2D eigenvalue weighted by Crippen LogP contribution is -2.48. The highest BCUT2D eigenvalue weighted by atomic mass is 16.5. The van der Waals surface area contributed by atoms with Gasteiger partial charge in [-0.3, -0.25) is 14.8 Å². The minimum Gasteiger partial charge on any atom is -0.394 e. The molecular formula is C19H24N2O4. The van der Waals surface area contributed by atoms with E-state index in [0.717, 1.165) is 17.5 Å². The van der Waals surface area contributed by atoms with Gasteiger partial charge in [-0.05, 0) is 35.2 Å². The third-order valence-electron chi connectivity index (χ3n) is 3.76. The van der Waals surface area contributed by atoms with Crippen LogP contribution in [0.4, 0.5) is 0 Å². The van der Waals surface area contributed by atoms with E-state index < -0.39 is 24.5 Å². The third-order valence-corrected chi connectivity index (χ3v) is 3.76. The van der Waals surface area contributed by atoms with Crippen molar-refractivity contribution in [2.75, 3.05) is 6.61 Å². The Balaban J connectivity index is 0.00000312. The van der Waals surface area contributed by atoms with E-state index in [1.807, 2.05) is 24.3 Å². The largest absolute Gasteiger partial charge is 0.394 e. The summed E-state index contributed by atoms with van der Waals surface area (Å²) in [6, 6.07) is 13.9. The number of aryl methyl sites for hydroxylation is 1. The molecule has 0 aliphatic rings. The molecule has 25 heavy (non-hydrogen) atoms. The standard InChI is InChI=1S/C18H20N2O4.CH4/c1-2-12-3-5-13(6-4-12)14-7-9-15(10-8-14)17(22)19-16(11-21)18(23)20-24;/h3-10,16,21,24H,2,11H2,1H3,(H,19,22)(H,20,23);1H4/t16-;/m0./s1. The molecule has 0 aliphatic heterocycles. The molecule has 4 N–H and O–H groups in total. The van der Waals surface area contributed by atoms with E-state index in [1.54, 1.807) is 12.1 Å². The van der Waals surface area contributed by atoms with E-state index in [-0.39, 0.29) is 7.43 Å². The van der Waals surface area contributed by atoms with Crippen molar-refractivity contribution in [2.45, 2.75) is 26.8 Å². The lowest BCUT2D eigenvalue weighted by Gasteiger charge is -2.14. The second-order valence-corrected chi connectivity index (χ2v) is 5.31. The van der Waals surface area contributed by atoms with Gasteiger partial charge in [-0.1, -0.05) is 50.7 Å². The summed E-state index contributed by atoms with van der Waals surface area (Å²) in [6.07, 6.45) is 0.979. The number of rotatable bonds is 6. The number of benzene rings is 2. The highest BCUT2D eigenvalue weighted by Gasteiger charge is 2.20. The van der Waals surface area contributed by atoms with Crippen LogP contribution in [0.1, 0.15) is 30.3 Å². The van der Waals surface area contributed by atoms with Gasteiger partial charge < -0.3 is 10.4 Å². The molecule has 0 aromatic heterocycles. The van der Waals surface area contributed by atoms with Crippen molar-refractivity contribution in [1.29, 1.82) is 0 Å². The maximum absolute atomic E-state index is 12.1. The zero-order valence-electron chi connectivity index (χ0n) is 13.3. The molecule has 134 valence electrons. The average Bonchev–Trinajstić information content (AvgIpc) is 2.65. The zero-order valence-corrected chi connectivity index (χ0v) is 13.3. The second kappa shape index (κ2) is 9.56. The fourth-order valence-corrected chi connectivity index (χ4v) is 2.26. The number of hydrogen-bond acceptors (Lipinski definition) is 4. The van der Waals surface area contributed by atoms with Crippen molar-refractivity contribution < 1.29 is 19.9 Å². The topological polar surface area (TPSA) is 98.7 Å². The van der Waals surface area contributed by atoms with Crippen molar-refractivity contribution >= 4 is 11.8 Å². The normalized spacial score (nSPS) is 11.2. The Labute approximate surface area is 147 Å². The van der Waals surface area contributed by atoms with Crippen LogP contribution in [0.3, 0.4) is 0 Å². The van der Waals surface area contributed by atoms with Crippen molar-refractivity contribution in [1.82, 2.24) is 10.8 Å². The summed E-state index contributed by atoms with van der Waals surface area (Å²) in [7, 11) is 0. The minimum absolute atomic E-state index is 0. The first-order valence-electron chi connectivity index (χ1n) is 7.64. The molecule has 0 unspecified atom stereocenters. The molecule has 2 aromatic carbocycles. The molecule has 0 aliphatic carbocycles. The molecule has 2 amide bonds. The second-order valence-electron chi connectivity index (χ2n) is 5.31. The molecule has 6 nitrogen and oxygen atoms in total. The van der Waals surface area contributed by atoms with Gasteiger partial charge in [-0.15, -0.1) is 0 Å². The van der Waals surface area contributed by atoms with Gasteiger partial charge in [0.1, 0.15) is 6.04 Å². The predicted octanol–water partition coefficient (Wildman–Crippen LogP) is 2.15. The number of carbonyl (C=O) groups excluding carboxylic acids is 2. The van der Waals surface area contributed by atoms with Crippen molar-refractivity contribution in [3.63, 3.8) is 0 Å². The van der Waals surface area contributed by atoms with Crippen LogP contribution >= 0.6 is 0 Å². The Hall–Kier alpha value is -2.70. The SMILES string of the molecule is C.CCc1ccc(-c2ccc(C(=O)N[C@@H](CO)C(=O)NO)cc2)cc1. The number of aliphatic hydroxyl groups is 1. The number of amides is 2. The Kier molecular flexibility index (Phi) is 7.78. The van der Waals surface area contributed by atoms with Crippen LogP contribution in [0.2, 0.25) is 0 Å². The van der Waals surface area contributed by atoms with Crippen LogP contribution in [-0.2, 0) is 11.2 Å². The van der Waals surface area contributed by atoms with Crippen molar-refractivity contribution in [3.8, 4) is 11.1 Å². The van der Waals surface area contributed by atoms with Gasteiger partial charge in [-0.2, -0.15) is 0 Å². The van der Waals surface area contributed by atoms with E-state index in [0.29, 0.717) is 5.56 Å². The molecule has 0 radical (unpaired) electrons. The number of aliphatic hydroxyl groups excluding tert-OH is 1. The van der Waals surface area contributed by atoms with E-state index in [9.17, 15) is 9.59 Å². The highest BCUT2D eigenvalue weighted by molar-refractivity contribution is 5.97. The molecule has 2 aromatic rings. The Bertz CT molecular complexity index is 696. The van der Waals surface area contributed by atoms with Crippen LogP contribution in [0.15, 0.2) is 48.5 Å². The summed E-state index contributed by atoms with van der Waals surface area (Å²) < 4.78 is 0. The maximum Gasteiger partial charge on any atom is 0.268 e. The number of nitrogens with one attached hydrogen (secondary N) is 2. The lowest BCUT2D eigenvalue weighted by atomic mass is 10.0. The van der Waals surface area contributed by atoms with Gasteiger partial charge in [0.15, 0.2) is 0 Å². The summed E-state index contributed by atoms with van der Waals surface area (Å²) in [5.41, 5.74) is 5.03. The van der Waals surface area contributed by atoms with Gasteiger partial charge >= 0.3 is 0 Å². The molecule has 0 bridgehead atoms. The first-order valence-corrected chi connectivity index (χ1v) is 7.64. The fraction of sp³-hybridized carbons (Fsp3) is 0.263. The summed E-state index contributed by atoms with van der Waals surface area (Å²) in [6.45, 7) is 1.49. The minimum atomic E-state index is -1.20. The van der Waals surface area contributed by atoms with E-state index in [1.165, 1.54) is 11.0 Å².